The first-order valence-corrected chi connectivity index (χ1v) is 5.75. The van der Waals surface area contributed by atoms with Gasteiger partial charge in [-0.25, -0.2) is 0 Å². The van der Waals surface area contributed by atoms with Crippen LogP contribution in [0.1, 0.15) is 31.2 Å². The maximum atomic E-state index is 6.15. The lowest BCUT2D eigenvalue weighted by molar-refractivity contribution is 0.592. The molecule has 2 rings (SSSR count). The van der Waals surface area contributed by atoms with Gasteiger partial charge in [0.25, 0.3) is 0 Å². The van der Waals surface area contributed by atoms with Gasteiger partial charge in [-0.15, -0.1) is 6.42 Å². The van der Waals surface area contributed by atoms with Gasteiger partial charge in [0.05, 0.1) is 18.1 Å². The second kappa shape index (κ2) is 5.00. The molecule has 0 aromatic carbocycles. The Labute approximate surface area is 96.7 Å². The van der Waals surface area contributed by atoms with Gasteiger partial charge in [0.2, 0.25) is 0 Å². The van der Waals surface area contributed by atoms with E-state index >= 15 is 0 Å². The molecule has 2 heterocycles. The summed E-state index contributed by atoms with van der Waals surface area (Å²) in [5, 5.41) is 0. The molecule has 1 aromatic rings. The van der Waals surface area contributed by atoms with Crippen molar-refractivity contribution in [3.8, 4) is 12.3 Å². The Morgan fingerprint density at radius 3 is 3.06 bits per heavy atom. The standard InChI is InChI=1S/C13H17N3/c1-2-11-8-12(10-15-9-11)16-7-5-3-4-6-13(16)14/h1,8-10,13H,3-7,14H2. The number of terminal acetylenes is 1. The lowest BCUT2D eigenvalue weighted by atomic mass is 10.2. The molecule has 0 bridgehead atoms. The van der Waals surface area contributed by atoms with Crippen LogP contribution in [0.25, 0.3) is 0 Å². The summed E-state index contributed by atoms with van der Waals surface area (Å²) in [6.07, 6.45) is 13.7. The molecule has 3 nitrogen and oxygen atoms in total. The van der Waals surface area contributed by atoms with E-state index in [0.29, 0.717) is 0 Å². The van der Waals surface area contributed by atoms with E-state index in [0.717, 1.165) is 24.2 Å². The number of nitrogens with zero attached hydrogens (tertiary/aromatic N) is 2. The van der Waals surface area contributed by atoms with Gasteiger partial charge >= 0.3 is 0 Å². The van der Waals surface area contributed by atoms with Gasteiger partial charge in [0.1, 0.15) is 0 Å². The van der Waals surface area contributed by atoms with Crippen molar-refractivity contribution in [3.05, 3.63) is 24.0 Å². The van der Waals surface area contributed by atoms with Crippen LogP contribution in [-0.4, -0.2) is 17.7 Å². The average molecular weight is 215 g/mol. The van der Waals surface area contributed by atoms with Crippen LogP contribution in [0.15, 0.2) is 18.5 Å². The van der Waals surface area contributed by atoms with Crippen LogP contribution < -0.4 is 10.6 Å². The van der Waals surface area contributed by atoms with Gasteiger partial charge in [0, 0.05) is 18.3 Å². The van der Waals surface area contributed by atoms with Gasteiger partial charge in [-0.2, -0.15) is 0 Å². The van der Waals surface area contributed by atoms with E-state index < -0.39 is 0 Å². The Hall–Kier alpha value is -1.53. The van der Waals surface area contributed by atoms with Crippen molar-refractivity contribution in [1.82, 2.24) is 4.98 Å². The highest BCUT2D eigenvalue weighted by Gasteiger charge is 2.17. The minimum absolute atomic E-state index is 0.0947. The summed E-state index contributed by atoms with van der Waals surface area (Å²) < 4.78 is 0. The first kappa shape index (κ1) is 11.0. The van der Waals surface area contributed by atoms with E-state index in [-0.39, 0.29) is 6.17 Å². The lowest BCUT2D eigenvalue weighted by Crippen LogP contribution is -2.41. The molecule has 2 N–H and O–H groups in total. The molecular weight excluding hydrogens is 198 g/mol. The number of hydrogen-bond donors (Lipinski definition) is 1. The molecule has 1 aromatic heterocycles. The Kier molecular flexibility index (Phi) is 3.43. The van der Waals surface area contributed by atoms with Gasteiger partial charge < -0.3 is 10.6 Å². The van der Waals surface area contributed by atoms with Crippen molar-refractivity contribution < 1.29 is 0 Å². The van der Waals surface area contributed by atoms with Crippen molar-refractivity contribution in [1.29, 1.82) is 0 Å². The van der Waals surface area contributed by atoms with E-state index in [4.69, 9.17) is 12.2 Å². The molecule has 0 spiro atoms. The summed E-state index contributed by atoms with van der Waals surface area (Å²) in [5.74, 6) is 2.61. The molecule has 1 saturated heterocycles. The highest BCUT2D eigenvalue weighted by molar-refractivity contribution is 5.50. The third-order valence-electron chi connectivity index (χ3n) is 3.02. The highest BCUT2D eigenvalue weighted by Crippen LogP contribution is 2.21. The molecule has 84 valence electrons. The molecule has 1 unspecified atom stereocenters. The monoisotopic (exact) mass is 215 g/mol. The van der Waals surface area contributed by atoms with Crippen molar-refractivity contribution in [2.75, 3.05) is 11.4 Å². The molecule has 0 amide bonds. The average Bonchev–Trinajstić information content (AvgIpc) is 2.54. The Morgan fingerprint density at radius 1 is 1.38 bits per heavy atom. The van der Waals surface area contributed by atoms with Crippen LogP contribution in [-0.2, 0) is 0 Å². The number of nitrogens with two attached hydrogens (primary N) is 1. The number of pyridine rings is 1. The van der Waals surface area contributed by atoms with E-state index in [2.05, 4.69) is 15.8 Å². The summed E-state index contributed by atoms with van der Waals surface area (Å²) in [6, 6.07) is 1.98. The van der Waals surface area contributed by atoms with Crippen LogP contribution in [0.3, 0.4) is 0 Å². The molecule has 0 aliphatic carbocycles. The quantitative estimate of drug-likeness (QED) is 0.725. The molecule has 1 aliphatic rings. The van der Waals surface area contributed by atoms with Crippen molar-refractivity contribution >= 4 is 5.69 Å². The molecule has 16 heavy (non-hydrogen) atoms. The van der Waals surface area contributed by atoms with Crippen LogP contribution in [0.4, 0.5) is 5.69 Å². The highest BCUT2D eigenvalue weighted by atomic mass is 15.2. The fraction of sp³-hybridized carbons (Fsp3) is 0.462. The first-order valence-electron chi connectivity index (χ1n) is 5.75. The Morgan fingerprint density at radius 2 is 2.25 bits per heavy atom. The van der Waals surface area contributed by atoms with Crippen molar-refractivity contribution in [2.24, 2.45) is 5.73 Å². The maximum absolute atomic E-state index is 6.15. The van der Waals surface area contributed by atoms with Crippen LogP contribution in [0.5, 0.6) is 0 Å². The van der Waals surface area contributed by atoms with Crippen molar-refractivity contribution in [3.63, 3.8) is 0 Å². The van der Waals surface area contributed by atoms with E-state index in [1.165, 1.54) is 19.3 Å². The second-order valence-corrected chi connectivity index (χ2v) is 4.19. The molecule has 1 fully saturated rings. The molecule has 0 radical (unpaired) electrons. The molecule has 1 atom stereocenters. The fourth-order valence-corrected chi connectivity index (χ4v) is 2.12. The summed E-state index contributed by atoms with van der Waals surface area (Å²) in [7, 11) is 0. The van der Waals surface area contributed by atoms with E-state index in [9.17, 15) is 0 Å². The summed E-state index contributed by atoms with van der Waals surface area (Å²) in [4.78, 5) is 6.37. The minimum Gasteiger partial charge on any atom is -0.355 e. The van der Waals surface area contributed by atoms with E-state index in [1.54, 1.807) is 6.20 Å². The van der Waals surface area contributed by atoms with Gasteiger partial charge in [0.15, 0.2) is 0 Å². The van der Waals surface area contributed by atoms with Gasteiger partial charge in [-0.3, -0.25) is 4.98 Å². The Balaban J connectivity index is 2.24. The van der Waals surface area contributed by atoms with Crippen LogP contribution >= 0.6 is 0 Å². The van der Waals surface area contributed by atoms with Gasteiger partial charge in [-0.05, 0) is 25.3 Å². The smallest absolute Gasteiger partial charge is 0.0771 e. The molecular formula is C13H17N3. The summed E-state index contributed by atoms with van der Waals surface area (Å²) >= 11 is 0. The number of aromatic nitrogens is 1. The zero-order chi connectivity index (χ0) is 11.4. The minimum atomic E-state index is 0.0947. The van der Waals surface area contributed by atoms with Crippen LogP contribution in [0.2, 0.25) is 0 Å². The Bertz CT molecular complexity index is 394. The largest absolute Gasteiger partial charge is 0.355 e. The van der Waals surface area contributed by atoms with Crippen molar-refractivity contribution in [2.45, 2.75) is 31.8 Å². The topological polar surface area (TPSA) is 42.2 Å². The van der Waals surface area contributed by atoms with Crippen LogP contribution in [0, 0.1) is 12.3 Å². The summed E-state index contributed by atoms with van der Waals surface area (Å²) in [6.45, 7) is 0.997. The molecule has 3 heteroatoms. The van der Waals surface area contributed by atoms with Gasteiger partial charge in [-0.1, -0.05) is 12.3 Å². The number of rotatable bonds is 1. The predicted octanol–water partition coefficient (Wildman–Crippen LogP) is 1.73. The second-order valence-electron chi connectivity index (χ2n) is 4.19. The predicted molar refractivity (Wildman–Crippen MR) is 66.0 cm³/mol. The normalized spacial score (nSPS) is 21.2. The third-order valence-corrected chi connectivity index (χ3v) is 3.02. The lowest BCUT2D eigenvalue weighted by Gasteiger charge is -2.28. The summed E-state index contributed by atoms with van der Waals surface area (Å²) in [5.41, 5.74) is 8.01. The zero-order valence-corrected chi connectivity index (χ0v) is 9.39. The van der Waals surface area contributed by atoms with E-state index in [1.807, 2.05) is 12.3 Å². The molecule has 1 aliphatic heterocycles. The third kappa shape index (κ3) is 2.34. The number of hydrogen-bond acceptors (Lipinski definition) is 3. The zero-order valence-electron chi connectivity index (χ0n) is 9.39. The molecule has 0 saturated carbocycles. The SMILES string of the molecule is C#Cc1cncc(N2CCCCCC2N)c1. The fourth-order valence-electron chi connectivity index (χ4n) is 2.12. The maximum Gasteiger partial charge on any atom is 0.0771 e. The first-order chi connectivity index (χ1) is 7.81. The number of anilines is 1.